The van der Waals surface area contributed by atoms with E-state index in [2.05, 4.69) is 41.5 Å². The van der Waals surface area contributed by atoms with Gasteiger partial charge < -0.3 is 33.8 Å². The Morgan fingerprint density at radius 2 is 0.465 bits per heavy atom. The van der Waals surface area contributed by atoms with Gasteiger partial charge >= 0.3 is 39.5 Å². The number of aliphatic hydroxyl groups excluding tert-OH is 1. The molecule has 0 spiro atoms. The largest absolute Gasteiger partial charge is 0.472 e. The Morgan fingerprint density at radius 1 is 0.273 bits per heavy atom. The minimum absolute atomic E-state index is 0.106. The zero-order valence-electron chi connectivity index (χ0n) is 64.8. The van der Waals surface area contributed by atoms with Gasteiger partial charge in [0, 0.05) is 25.7 Å². The summed E-state index contributed by atoms with van der Waals surface area (Å²) < 4.78 is 68.7. The fourth-order valence-electron chi connectivity index (χ4n) is 12.4. The van der Waals surface area contributed by atoms with E-state index in [9.17, 15) is 43.2 Å². The minimum atomic E-state index is -4.96. The first-order valence-electron chi connectivity index (χ1n) is 41.5. The fourth-order valence-corrected chi connectivity index (χ4v) is 13.9. The highest BCUT2D eigenvalue weighted by atomic mass is 31.2. The molecule has 5 atom stereocenters. The number of esters is 4. The van der Waals surface area contributed by atoms with E-state index in [4.69, 9.17) is 37.0 Å². The van der Waals surface area contributed by atoms with Gasteiger partial charge in [0.1, 0.15) is 19.3 Å². The first kappa shape index (κ1) is 97.1. The second kappa shape index (κ2) is 71.7. The second-order valence-corrected chi connectivity index (χ2v) is 32.7. The van der Waals surface area contributed by atoms with Crippen LogP contribution >= 0.6 is 15.6 Å². The summed E-state index contributed by atoms with van der Waals surface area (Å²) in [6, 6.07) is 0. The van der Waals surface area contributed by atoms with E-state index < -0.39 is 97.5 Å². The molecule has 0 bridgehead atoms. The van der Waals surface area contributed by atoms with Crippen LogP contribution in [0.25, 0.3) is 0 Å². The van der Waals surface area contributed by atoms with Crippen molar-refractivity contribution in [3.8, 4) is 0 Å². The molecule has 3 N–H and O–H groups in total. The standard InChI is InChI=1S/C80H156O17P2/c1-7-9-11-13-15-17-19-21-23-25-26-27-29-31-35-39-45-52-58-64-79(84)96-75(68-90-77(82)62-56-50-44-38-34-30-28-24-22-20-18-16-14-12-10-8-2)70-94-98(86,87)92-66-74(81)67-93-99(88,89)95-71-76(69-91-78(83)63-57-51-47-41-43-49-55-61-73(5)6)97-80(85)65-59-53-46-40-36-32-33-37-42-48-54-60-72(3)4/h72-76,81H,7-71H2,1-6H3,(H,86,87)(H,88,89)/t74-,75-,76-/m1/s1. The lowest BCUT2D eigenvalue weighted by Gasteiger charge is -2.21. The first-order chi connectivity index (χ1) is 47.9. The Bertz CT molecular complexity index is 1910. The number of rotatable bonds is 79. The van der Waals surface area contributed by atoms with Crippen LogP contribution in [0.5, 0.6) is 0 Å². The Hall–Kier alpha value is -1.94. The average Bonchev–Trinajstić information content (AvgIpc) is 0.949. The van der Waals surface area contributed by atoms with E-state index in [1.54, 1.807) is 0 Å². The fraction of sp³-hybridized carbons (Fsp3) is 0.950. The van der Waals surface area contributed by atoms with Crippen LogP contribution in [-0.4, -0.2) is 96.7 Å². The van der Waals surface area contributed by atoms with Crippen molar-refractivity contribution >= 4 is 39.5 Å². The van der Waals surface area contributed by atoms with Crippen LogP contribution in [0.3, 0.4) is 0 Å². The highest BCUT2D eigenvalue weighted by Gasteiger charge is 2.30. The van der Waals surface area contributed by atoms with Crippen LogP contribution in [-0.2, 0) is 65.4 Å². The predicted octanol–water partition coefficient (Wildman–Crippen LogP) is 23.9. The van der Waals surface area contributed by atoms with E-state index in [1.807, 2.05) is 0 Å². The number of hydrogen-bond acceptors (Lipinski definition) is 15. The maximum Gasteiger partial charge on any atom is 0.472 e. The lowest BCUT2D eigenvalue weighted by atomic mass is 10.0. The van der Waals surface area contributed by atoms with Crippen molar-refractivity contribution in [3.05, 3.63) is 0 Å². The normalized spacial score (nSPS) is 13.9. The number of hydrogen-bond donors (Lipinski definition) is 3. The Labute approximate surface area is 607 Å². The number of phosphoric acid groups is 2. The van der Waals surface area contributed by atoms with Crippen molar-refractivity contribution < 1.29 is 80.2 Å². The van der Waals surface area contributed by atoms with E-state index in [-0.39, 0.29) is 25.7 Å². The van der Waals surface area contributed by atoms with Gasteiger partial charge in [-0.15, -0.1) is 0 Å². The maximum atomic E-state index is 13.1. The van der Waals surface area contributed by atoms with Crippen LogP contribution in [0.4, 0.5) is 0 Å². The molecule has 0 heterocycles. The summed E-state index contributed by atoms with van der Waals surface area (Å²) in [6.45, 7) is 9.57. The maximum absolute atomic E-state index is 13.1. The molecule has 0 aliphatic rings. The number of ether oxygens (including phenoxy) is 4. The summed E-state index contributed by atoms with van der Waals surface area (Å²) in [6.07, 6.45) is 61.1. The summed E-state index contributed by atoms with van der Waals surface area (Å²) in [5, 5.41) is 10.6. The van der Waals surface area contributed by atoms with Gasteiger partial charge in [-0.25, -0.2) is 9.13 Å². The Kier molecular flexibility index (Phi) is 70.3. The highest BCUT2D eigenvalue weighted by Crippen LogP contribution is 2.45. The number of carbonyl (C=O) groups is 4. The van der Waals surface area contributed by atoms with Gasteiger partial charge in [0.05, 0.1) is 26.4 Å². The van der Waals surface area contributed by atoms with Gasteiger partial charge in [-0.1, -0.05) is 369 Å². The molecule has 0 radical (unpaired) electrons. The molecule has 0 amide bonds. The third-order valence-corrected chi connectivity index (χ3v) is 20.6. The number of unbranched alkanes of at least 4 members (excludes halogenated alkanes) is 49. The molecule has 0 aliphatic carbocycles. The SMILES string of the molecule is CCCCCCCCCCCCCCCCCCCCCC(=O)O[C@H](COC(=O)CCCCCCCCCCCCCCCCCC)COP(=O)(O)OC[C@@H](O)COP(=O)(O)OC[C@@H](COC(=O)CCCCCCCCCC(C)C)OC(=O)CCCCCCCCCCCCCC(C)C. The van der Waals surface area contributed by atoms with E-state index in [1.165, 1.54) is 231 Å². The smallest absolute Gasteiger partial charge is 0.462 e. The number of phosphoric ester groups is 2. The zero-order chi connectivity index (χ0) is 72.8. The molecule has 0 aliphatic heterocycles. The first-order valence-corrected chi connectivity index (χ1v) is 44.5. The number of carbonyl (C=O) groups excluding carboxylic acids is 4. The van der Waals surface area contributed by atoms with Crippen molar-refractivity contribution in [2.45, 2.75) is 439 Å². The zero-order valence-corrected chi connectivity index (χ0v) is 66.6. The lowest BCUT2D eigenvalue weighted by Crippen LogP contribution is -2.30. The van der Waals surface area contributed by atoms with Gasteiger partial charge in [0.2, 0.25) is 0 Å². The lowest BCUT2D eigenvalue weighted by molar-refractivity contribution is -0.161. The third-order valence-electron chi connectivity index (χ3n) is 18.7. The molecule has 0 saturated carbocycles. The van der Waals surface area contributed by atoms with Gasteiger partial charge in [-0.3, -0.25) is 37.3 Å². The summed E-state index contributed by atoms with van der Waals surface area (Å²) >= 11 is 0. The van der Waals surface area contributed by atoms with Crippen molar-refractivity contribution in [1.82, 2.24) is 0 Å². The highest BCUT2D eigenvalue weighted by molar-refractivity contribution is 7.47. The van der Waals surface area contributed by atoms with Crippen LogP contribution < -0.4 is 0 Å². The molecular formula is C80H156O17P2. The molecule has 0 aromatic heterocycles. The van der Waals surface area contributed by atoms with E-state index in [0.29, 0.717) is 31.6 Å². The van der Waals surface area contributed by atoms with Gasteiger partial charge in [-0.2, -0.15) is 0 Å². The molecule has 0 aromatic carbocycles. The minimum Gasteiger partial charge on any atom is -0.462 e. The summed E-state index contributed by atoms with van der Waals surface area (Å²) in [7, 11) is -9.92. The molecule has 17 nitrogen and oxygen atoms in total. The van der Waals surface area contributed by atoms with Crippen LogP contribution in [0.15, 0.2) is 0 Å². The summed E-state index contributed by atoms with van der Waals surface area (Å²) in [5.74, 6) is -0.640. The molecule has 0 saturated heterocycles. The monoisotopic (exact) mass is 1450 g/mol. The number of aliphatic hydroxyl groups is 1. The quantitative estimate of drug-likeness (QED) is 0.0222. The van der Waals surface area contributed by atoms with Crippen molar-refractivity contribution in [1.29, 1.82) is 0 Å². The van der Waals surface area contributed by atoms with Gasteiger partial charge in [0.15, 0.2) is 12.2 Å². The predicted molar refractivity (Wildman–Crippen MR) is 405 cm³/mol. The molecule has 588 valence electrons. The molecule has 0 aromatic rings. The Balaban J connectivity index is 5.24. The van der Waals surface area contributed by atoms with E-state index >= 15 is 0 Å². The molecule has 19 heteroatoms. The molecule has 0 rings (SSSR count). The van der Waals surface area contributed by atoms with Crippen molar-refractivity contribution in [2.75, 3.05) is 39.6 Å². The molecule has 0 fully saturated rings. The Morgan fingerprint density at radius 3 is 0.687 bits per heavy atom. The summed E-state index contributed by atoms with van der Waals surface area (Å²) in [5.41, 5.74) is 0. The van der Waals surface area contributed by atoms with Crippen molar-refractivity contribution in [2.24, 2.45) is 11.8 Å². The van der Waals surface area contributed by atoms with Crippen molar-refractivity contribution in [3.63, 3.8) is 0 Å². The third kappa shape index (κ3) is 74.1. The van der Waals surface area contributed by atoms with Crippen LogP contribution in [0.2, 0.25) is 0 Å². The van der Waals surface area contributed by atoms with Crippen LogP contribution in [0, 0.1) is 11.8 Å². The second-order valence-electron chi connectivity index (χ2n) is 29.8. The van der Waals surface area contributed by atoms with E-state index in [0.717, 1.165) is 102 Å². The molecule has 99 heavy (non-hydrogen) atoms. The molecule has 2 unspecified atom stereocenters. The van der Waals surface area contributed by atoms with Gasteiger partial charge in [0.25, 0.3) is 0 Å². The molecular weight excluding hydrogens is 1290 g/mol. The summed E-state index contributed by atoms with van der Waals surface area (Å²) in [4.78, 5) is 73.0. The average molecular weight is 1450 g/mol. The van der Waals surface area contributed by atoms with Gasteiger partial charge in [-0.05, 0) is 37.5 Å². The van der Waals surface area contributed by atoms with Crippen LogP contribution in [0.1, 0.15) is 420 Å². The topological polar surface area (TPSA) is 237 Å².